The van der Waals surface area contributed by atoms with Crippen LogP contribution in [-0.4, -0.2) is 30.6 Å². The third-order valence-corrected chi connectivity index (χ3v) is 0.683. The quantitative estimate of drug-likeness (QED) is 0.433. The topological polar surface area (TPSA) is 38.4 Å². The van der Waals surface area contributed by atoms with Crippen LogP contribution in [0.25, 0.3) is 0 Å². The smallest absolute Gasteiger partial charge is 0.323 e. The van der Waals surface area contributed by atoms with Gasteiger partial charge >= 0.3 is 12.4 Å². The fourth-order valence-electron chi connectivity index (χ4n) is 0.122. The Hall–Kier alpha value is -0.660. The van der Waals surface area contributed by atoms with Gasteiger partial charge in [0.15, 0.2) is 0 Å². The lowest BCUT2D eigenvalue weighted by molar-refractivity contribution is -0.119. The highest BCUT2D eigenvalue weighted by Crippen LogP contribution is 2.13. The molecule has 2 nitrogen and oxygen atoms in total. The predicted octanol–water partition coefficient (Wildman–Crippen LogP) is 2.16. The van der Waals surface area contributed by atoms with Gasteiger partial charge in [-0.25, -0.2) is 4.99 Å². The predicted molar refractivity (Wildman–Crippen MR) is 41.1 cm³/mol. The minimum absolute atomic E-state index is 1.23. The second kappa shape index (κ2) is 6.74. The van der Waals surface area contributed by atoms with Crippen molar-refractivity contribution >= 4 is 17.4 Å². The molecule has 0 rings (SSSR count). The first-order chi connectivity index (χ1) is 6.12. The highest BCUT2D eigenvalue weighted by molar-refractivity contribution is 7.78. The van der Waals surface area contributed by atoms with E-state index in [1.54, 1.807) is 5.16 Å². The Balaban J connectivity index is 0. The van der Waals surface area contributed by atoms with Gasteiger partial charge in [0.1, 0.15) is 6.54 Å². The van der Waals surface area contributed by atoms with Crippen molar-refractivity contribution < 1.29 is 26.3 Å². The largest absolute Gasteiger partial charge is 0.408 e. The zero-order valence-corrected chi connectivity index (χ0v) is 7.43. The molecule has 0 saturated heterocycles. The summed E-state index contributed by atoms with van der Waals surface area (Å²) in [6.45, 7) is -2.45. The van der Waals surface area contributed by atoms with E-state index in [9.17, 15) is 26.3 Å². The van der Waals surface area contributed by atoms with Crippen LogP contribution in [0.1, 0.15) is 0 Å². The Bertz CT molecular complexity index is 191. The number of thiocarbonyl (C=S) groups is 1. The van der Waals surface area contributed by atoms with Crippen LogP contribution >= 0.6 is 12.2 Å². The molecule has 0 aromatic heterocycles. The number of nitrogens with zero attached hydrogens (tertiary/aromatic N) is 1. The Morgan fingerprint density at radius 3 is 1.50 bits per heavy atom. The van der Waals surface area contributed by atoms with E-state index < -0.39 is 25.4 Å². The van der Waals surface area contributed by atoms with Gasteiger partial charge in [-0.05, 0) is 12.2 Å². The van der Waals surface area contributed by atoms with Crippen molar-refractivity contribution in [3.05, 3.63) is 0 Å². The Kier molecular flexibility index (Phi) is 7.61. The molecule has 9 heteroatoms. The molecule has 14 heavy (non-hydrogen) atoms. The van der Waals surface area contributed by atoms with Gasteiger partial charge in [0.25, 0.3) is 0 Å². The molecular formula is C5H6F6N2S. The second-order valence-electron chi connectivity index (χ2n) is 1.84. The maximum atomic E-state index is 11.1. The molecule has 0 bridgehead atoms. The summed E-state index contributed by atoms with van der Waals surface area (Å²) in [4.78, 5) is 2.68. The van der Waals surface area contributed by atoms with E-state index in [2.05, 4.69) is 22.9 Å². The van der Waals surface area contributed by atoms with Crippen LogP contribution in [0.2, 0.25) is 0 Å². The van der Waals surface area contributed by atoms with Crippen molar-refractivity contribution in [1.29, 1.82) is 0 Å². The molecule has 2 N–H and O–H groups in total. The first-order valence-electron chi connectivity index (χ1n) is 2.99. The maximum Gasteiger partial charge on any atom is 0.408 e. The van der Waals surface area contributed by atoms with Gasteiger partial charge in [-0.15, -0.1) is 0 Å². The molecule has 0 aromatic carbocycles. The van der Waals surface area contributed by atoms with Crippen molar-refractivity contribution in [3.63, 3.8) is 0 Å². The van der Waals surface area contributed by atoms with Gasteiger partial charge in [0, 0.05) is 0 Å². The molecule has 0 heterocycles. The average molecular weight is 240 g/mol. The van der Waals surface area contributed by atoms with Gasteiger partial charge in [0.2, 0.25) is 0 Å². The molecule has 84 valence electrons. The molecule has 0 aliphatic heterocycles. The van der Waals surface area contributed by atoms with Crippen LogP contribution < -0.4 is 5.73 Å². The zero-order chi connectivity index (χ0) is 11.8. The molecule has 0 atom stereocenters. The van der Waals surface area contributed by atoms with E-state index in [1.165, 1.54) is 0 Å². The van der Waals surface area contributed by atoms with Crippen molar-refractivity contribution in [1.82, 2.24) is 0 Å². The highest BCUT2D eigenvalue weighted by Gasteiger charge is 2.25. The number of hydrogen-bond donors (Lipinski definition) is 1. The summed E-state index contributed by atoms with van der Waals surface area (Å²) in [5.74, 6) is 0. The fourth-order valence-corrected chi connectivity index (χ4v) is 0.186. The van der Waals surface area contributed by atoms with Crippen LogP contribution in [-0.2, 0) is 0 Å². The standard InChI is InChI=1S/C3H2F3NS.C2H4F3N/c4-3(5,6)1-7-2-8;3-2(4,5)1-6/h1H2;1,6H2. The Morgan fingerprint density at radius 2 is 1.43 bits per heavy atom. The van der Waals surface area contributed by atoms with Gasteiger partial charge in [0.05, 0.1) is 11.7 Å². The van der Waals surface area contributed by atoms with Gasteiger partial charge in [-0.3, -0.25) is 0 Å². The SMILES string of the molecule is FC(F)(F)CN=C=S.NCC(F)(F)F. The number of alkyl halides is 6. The van der Waals surface area contributed by atoms with E-state index in [4.69, 9.17) is 0 Å². The number of nitrogens with two attached hydrogens (primary N) is 1. The average Bonchev–Trinajstić information content (AvgIpc) is 1.99. The summed E-state index contributed by atoms with van der Waals surface area (Å²) < 4.78 is 65.2. The minimum atomic E-state index is -4.24. The van der Waals surface area contributed by atoms with Crippen molar-refractivity contribution in [3.8, 4) is 0 Å². The molecule has 0 spiro atoms. The molecule has 0 radical (unpaired) electrons. The van der Waals surface area contributed by atoms with E-state index in [1.807, 2.05) is 0 Å². The summed E-state index contributed by atoms with van der Waals surface area (Å²) in [7, 11) is 0. The van der Waals surface area contributed by atoms with Gasteiger partial charge in [-0.2, -0.15) is 26.3 Å². The second-order valence-corrected chi connectivity index (χ2v) is 2.02. The third kappa shape index (κ3) is 22.5. The van der Waals surface area contributed by atoms with E-state index >= 15 is 0 Å². The number of aliphatic imine (C=N–C) groups is 1. The van der Waals surface area contributed by atoms with Crippen LogP contribution in [0.4, 0.5) is 26.3 Å². The van der Waals surface area contributed by atoms with E-state index in [0.717, 1.165) is 0 Å². The molecule has 0 aliphatic carbocycles. The molecule has 0 saturated carbocycles. The van der Waals surface area contributed by atoms with Crippen LogP contribution in [0, 0.1) is 0 Å². The summed E-state index contributed by atoms with van der Waals surface area (Å²) in [6.07, 6.45) is -8.42. The summed E-state index contributed by atoms with van der Waals surface area (Å²) in [5, 5.41) is 1.61. The van der Waals surface area contributed by atoms with Crippen molar-refractivity contribution in [2.24, 2.45) is 10.7 Å². The zero-order valence-electron chi connectivity index (χ0n) is 6.61. The van der Waals surface area contributed by atoms with Gasteiger partial charge < -0.3 is 5.73 Å². The molecule has 0 fully saturated rings. The molecule has 0 aliphatic rings. The molecule has 0 unspecified atom stereocenters. The van der Waals surface area contributed by atoms with E-state index in [0.29, 0.717) is 0 Å². The lowest BCUT2D eigenvalue weighted by Gasteiger charge is -1.96. The van der Waals surface area contributed by atoms with Gasteiger partial charge in [-0.1, -0.05) is 0 Å². The maximum absolute atomic E-state index is 11.1. The lowest BCUT2D eigenvalue weighted by atomic mass is 10.7. The molecule has 0 amide bonds. The van der Waals surface area contributed by atoms with Crippen molar-refractivity contribution in [2.75, 3.05) is 13.1 Å². The summed E-state index contributed by atoms with van der Waals surface area (Å²) in [6, 6.07) is 0. The molecular weight excluding hydrogens is 234 g/mol. The monoisotopic (exact) mass is 240 g/mol. The third-order valence-electron chi connectivity index (χ3n) is 0.554. The van der Waals surface area contributed by atoms with Crippen LogP contribution in [0.5, 0.6) is 0 Å². The number of halogens is 6. The fraction of sp³-hybridized carbons (Fsp3) is 0.800. The summed E-state index contributed by atoms with van der Waals surface area (Å²) in [5.41, 5.74) is 4.18. The van der Waals surface area contributed by atoms with E-state index in [-0.39, 0.29) is 0 Å². The first-order valence-corrected chi connectivity index (χ1v) is 3.40. The van der Waals surface area contributed by atoms with Crippen LogP contribution in [0.15, 0.2) is 4.99 Å². The lowest BCUT2D eigenvalue weighted by Crippen LogP contribution is -2.21. The number of rotatable bonds is 1. The molecule has 0 aromatic rings. The first kappa shape index (κ1) is 15.8. The normalized spacial score (nSPS) is 11.1. The van der Waals surface area contributed by atoms with Crippen molar-refractivity contribution in [2.45, 2.75) is 12.4 Å². The summed E-state index contributed by atoms with van der Waals surface area (Å²) >= 11 is 3.90. The number of isothiocyanates is 1. The van der Waals surface area contributed by atoms with Crippen LogP contribution in [0.3, 0.4) is 0 Å². The Labute approximate surface area is 80.8 Å². The number of hydrogen-bond acceptors (Lipinski definition) is 3. The minimum Gasteiger partial charge on any atom is -0.323 e. The Morgan fingerprint density at radius 1 is 1.07 bits per heavy atom. The highest BCUT2D eigenvalue weighted by atomic mass is 32.1.